The van der Waals surface area contributed by atoms with Gasteiger partial charge in [0.2, 0.25) is 0 Å². The molecule has 150 valence electrons. The lowest BCUT2D eigenvalue weighted by atomic mass is 9.95. The number of nitrogens with zero attached hydrogens (tertiary/aromatic N) is 1. The summed E-state index contributed by atoms with van der Waals surface area (Å²) in [4.78, 5) is 18.5. The number of carbonyl (C=O) groups excluding carboxylic acids is 1. The number of para-hydroxylation sites is 1. The van der Waals surface area contributed by atoms with E-state index < -0.39 is 0 Å². The molecule has 4 aromatic rings. The van der Waals surface area contributed by atoms with Gasteiger partial charge in [0.25, 0.3) is 5.91 Å². The third-order valence-electron chi connectivity index (χ3n) is 5.41. The second-order valence-corrected chi connectivity index (χ2v) is 8.33. The number of nitrogens with one attached hydrogen (secondary N) is 1. The number of benzene rings is 3. The third-order valence-corrected chi connectivity index (χ3v) is 5.87. The van der Waals surface area contributed by atoms with E-state index in [1.54, 1.807) is 0 Å². The van der Waals surface area contributed by atoms with E-state index in [0.29, 0.717) is 5.56 Å². The highest BCUT2D eigenvalue weighted by Gasteiger charge is 2.21. The molecule has 3 aromatic carbocycles. The number of amides is 1. The number of rotatable bonds is 4. The van der Waals surface area contributed by atoms with Gasteiger partial charge in [-0.2, -0.15) is 0 Å². The van der Waals surface area contributed by atoms with Crippen LogP contribution in [0.15, 0.2) is 71.2 Å². The Balaban J connectivity index is 1.95. The zero-order chi connectivity index (χ0) is 21.3. The van der Waals surface area contributed by atoms with E-state index in [1.807, 2.05) is 80.6 Å². The number of fused-ring (bicyclic) bond motifs is 1. The lowest BCUT2D eigenvalue weighted by molar-refractivity contribution is 0.102. The molecule has 1 heterocycles. The number of halogens is 1. The maximum absolute atomic E-state index is 13.6. The summed E-state index contributed by atoms with van der Waals surface area (Å²) < 4.78 is 0.934. The Bertz CT molecular complexity index is 1250. The van der Waals surface area contributed by atoms with Crippen LogP contribution in [0.4, 0.5) is 5.69 Å². The molecular weight excluding hydrogens is 436 g/mol. The zero-order valence-electron chi connectivity index (χ0n) is 17.3. The molecule has 0 aliphatic heterocycles. The van der Waals surface area contributed by atoms with E-state index in [-0.39, 0.29) is 5.91 Å². The Morgan fingerprint density at radius 3 is 2.43 bits per heavy atom. The van der Waals surface area contributed by atoms with Crippen molar-refractivity contribution in [3.05, 3.63) is 93.5 Å². The van der Waals surface area contributed by atoms with Crippen molar-refractivity contribution in [3.8, 4) is 11.3 Å². The second-order valence-electron chi connectivity index (χ2n) is 7.41. The average molecular weight is 459 g/mol. The topological polar surface area (TPSA) is 42.0 Å². The number of hydrogen-bond acceptors (Lipinski definition) is 2. The molecule has 30 heavy (non-hydrogen) atoms. The van der Waals surface area contributed by atoms with Crippen LogP contribution >= 0.6 is 15.9 Å². The van der Waals surface area contributed by atoms with Crippen LogP contribution in [0.25, 0.3) is 22.2 Å². The van der Waals surface area contributed by atoms with Gasteiger partial charge < -0.3 is 5.32 Å². The highest BCUT2D eigenvalue weighted by molar-refractivity contribution is 9.10. The van der Waals surface area contributed by atoms with Crippen molar-refractivity contribution in [2.75, 3.05) is 5.32 Å². The van der Waals surface area contributed by atoms with E-state index in [2.05, 4.69) is 28.2 Å². The fraction of sp³-hybridized carbons (Fsp3) is 0.154. The SMILES string of the molecule is CCc1ccccc1NC(=O)c1c(C)c(-c2ccccc2)nc2c(C)cc(Br)cc12. The molecule has 1 N–H and O–H groups in total. The van der Waals surface area contributed by atoms with Gasteiger partial charge in [-0.1, -0.05) is 71.4 Å². The van der Waals surface area contributed by atoms with Gasteiger partial charge in [0.1, 0.15) is 0 Å². The Hall–Kier alpha value is -2.98. The minimum Gasteiger partial charge on any atom is -0.322 e. The molecule has 0 saturated carbocycles. The molecule has 0 bridgehead atoms. The van der Waals surface area contributed by atoms with E-state index in [1.165, 1.54) is 0 Å². The fourth-order valence-corrected chi connectivity index (χ4v) is 4.47. The van der Waals surface area contributed by atoms with E-state index >= 15 is 0 Å². The van der Waals surface area contributed by atoms with E-state index in [0.717, 1.165) is 55.4 Å². The highest BCUT2D eigenvalue weighted by atomic mass is 79.9. The Morgan fingerprint density at radius 1 is 1.00 bits per heavy atom. The largest absolute Gasteiger partial charge is 0.322 e. The third kappa shape index (κ3) is 3.75. The first-order chi connectivity index (χ1) is 14.5. The molecule has 0 aliphatic carbocycles. The second kappa shape index (κ2) is 8.41. The summed E-state index contributed by atoms with van der Waals surface area (Å²) >= 11 is 3.58. The smallest absolute Gasteiger partial charge is 0.256 e. The molecule has 0 aliphatic rings. The van der Waals surface area contributed by atoms with Gasteiger partial charge in [0.15, 0.2) is 0 Å². The number of anilines is 1. The lowest BCUT2D eigenvalue weighted by Crippen LogP contribution is -2.16. The van der Waals surface area contributed by atoms with Gasteiger partial charge >= 0.3 is 0 Å². The van der Waals surface area contributed by atoms with Crippen LogP contribution in [-0.2, 0) is 6.42 Å². The van der Waals surface area contributed by atoms with Crippen LogP contribution < -0.4 is 5.32 Å². The molecule has 0 radical (unpaired) electrons. The zero-order valence-corrected chi connectivity index (χ0v) is 18.9. The van der Waals surface area contributed by atoms with Crippen LogP contribution in [0.2, 0.25) is 0 Å². The fourth-order valence-electron chi connectivity index (χ4n) is 3.90. The predicted molar refractivity (Wildman–Crippen MR) is 128 cm³/mol. The monoisotopic (exact) mass is 458 g/mol. The minimum atomic E-state index is -0.115. The van der Waals surface area contributed by atoms with Crippen molar-refractivity contribution >= 4 is 38.4 Å². The lowest BCUT2D eigenvalue weighted by Gasteiger charge is -2.17. The number of pyridine rings is 1. The van der Waals surface area contributed by atoms with E-state index in [9.17, 15) is 4.79 Å². The number of carbonyl (C=O) groups is 1. The van der Waals surface area contributed by atoms with Crippen molar-refractivity contribution < 1.29 is 4.79 Å². The number of hydrogen-bond donors (Lipinski definition) is 1. The number of aromatic nitrogens is 1. The highest BCUT2D eigenvalue weighted by Crippen LogP contribution is 2.33. The van der Waals surface area contributed by atoms with Crippen molar-refractivity contribution in [3.63, 3.8) is 0 Å². The molecule has 0 fully saturated rings. The molecule has 0 unspecified atom stereocenters. The Morgan fingerprint density at radius 2 is 1.70 bits per heavy atom. The molecule has 0 atom stereocenters. The standard InChI is InChI=1S/C26H23BrN2O/c1-4-18-10-8-9-13-22(18)28-26(30)23-17(3)25(19-11-6-5-7-12-19)29-24-16(2)14-20(27)15-21(23)24/h5-15H,4H2,1-3H3,(H,28,30). The molecule has 0 spiro atoms. The van der Waals surface area contributed by atoms with Crippen LogP contribution in [-0.4, -0.2) is 10.9 Å². The molecule has 3 nitrogen and oxygen atoms in total. The van der Waals surface area contributed by atoms with Gasteiger partial charge in [-0.3, -0.25) is 4.79 Å². The van der Waals surface area contributed by atoms with Gasteiger partial charge in [-0.05, 0) is 55.2 Å². The Kier molecular flexibility index (Phi) is 5.69. The van der Waals surface area contributed by atoms with E-state index in [4.69, 9.17) is 4.98 Å². The summed E-state index contributed by atoms with van der Waals surface area (Å²) in [5.41, 5.74) is 7.21. The molecule has 4 rings (SSSR count). The summed E-state index contributed by atoms with van der Waals surface area (Å²) in [6.45, 7) is 6.09. The maximum Gasteiger partial charge on any atom is 0.256 e. The van der Waals surface area contributed by atoms with Crippen LogP contribution in [0.5, 0.6) is 0 Å². The number of aryl methyl sites for hydroxylation is 2. The quantitative estimate of drug-likeness (QED) is 0.354. The Labute approximate surface area is 185 Å². The van der Waals surface area contributed by atoms with Crippen LogP contribution in [0.3, 0.4) is 0 Å². The van der Waals surface area contributed by atoms with Crippen molar-refractivity contribution in [2.45, 2.75) is 27.2 Å². The van der Waals surface area contributed by atoms with Gasteiger partial charge in [0, 0.05) is 21.1 Å². The van der Waals surface area contributed by atoms with Crippen molar-refractivity contribution in [2.24, 2.45) is 0 Å². The first-order valence-electron chi connectivity index (χ1n) is 10.0. The maximum atomic E-state index is 13.6. The summed E-state index contributed by atoms with van der Waals surface area (Å²) in [5, 5.41) is 4.00. The molecule has 4 heteroatoms. The molecule has 1 aromatic heterocycles. The first-order valence-corrected chi connectivity index (χ1v) is 10.8. The summed E-state index contributed by atoms with van der Waals surface area (Å²) in [6, 6.07) is 22.0. The predicted octanol–water partition coefficient (Wildman–Crippen LogP) is 7.10. The summed E-state index contributed by atoms with van der Waals surface area (Å²) in [7, 11) is 0. The first kappa shape index (κ1) is 20.3. The summed E-state index contributed by atoms with van der Waals surface area (Å²) in [6.07, 6.45) is 0.854. The van der Waals surface area contributed by atoms with Gasteiger partial charge in [0.05, 0.1) is 16.8 Å². The van der Waals surface area contributed by atoms with Gasteiger partial charge in [-0.25, -0.2) is 4.98 Å². The normalized spacial score (nSPS) is 10.9. The van der Waals surface area contributed by atoms with Crippen LogP contribution in [0.1, 0.15) is 34.0 Å². The molecule has 0 saturated heterocycles. The summed E-state index contributed by atoms with van der Waals surface area (Å²) in [5.74, 6) is -0.115. The molecule has 1 amide bonds. The van der Waals surface area contributed by atoms with Gasteiger partial charge in [-0.15, -0.1) is 0 Å². The minimum absolute atomic E-state index is 0.115. The average Bonchev–Trinajstić information content (AvgIpc) is 2.74. The molecular formula is C26H23BrN2O. The van der Waals surface area contributed by atoms with Crippen molar-refractivity contribution in [1.29, 1.82) is 0 Å². The van der Waals surface area contributed by atoms with Crippen LogP contribution in [0, 0.1) is 13.8 Å². The van der Waals surface area contributed by atoms with Crippen molar-refractivity contribution in [1.82, 2.24) is 4.98 Å².